The van der Waals surface area contributed by atoms with E-state index < -0.39 is 6.10 Å². The van der Waals surface area contributed by atoms with Gasteiger partial charge in [0.2, 0.25) is 0 Å². The molecule has 0 radical (unpaired) electrons. The Balaban J connectivity index is 4.45. The van der Waals surface area contributed by atoms with Crippen molar-refractivity contribution >= 4 is 17.9 Å². The molecule has 0 aromatic rings. The van der Waals surface area contributed by atoms with Gasteiger partial charge >= 0.3 is 17.9 Å². The molecule has 6 heteroatoms. The number of carbonyl (C=O) groups excluding carboxylic acids is 3. The van der Waals surface area contributed by atoms with Crippen LogP contribution in [0.15, 0.2) is 122 Å². The first-order valence-electron chi connectivity index (χ1n) is 32.5. The van der Waals surface area contributed by atoms with Crippen LogP contribution < -0.4 is 0 Å². The topological polar surface area (TPSA) is 78.9 Å². The molecular weight excluding hydrogens is 961 g/mol. The summed E-state index contributed by atoms with van der Waals surface area (Å²) in [6, 6.07) is 0. The van der Waals surface area contributed by atoms with E-state index in [9.17, 15) is 14.4 Å². The largest absolute Gasteiger partial charge is 0.462 e. The minimum atomic E-state index is -0.805. The highest BCUT2D eigenvalue weighted by molar-refractivity contribution is 5.71. The Kier molecular flexibility index (Phi) is 61.8. The van der Waals surface area contributed by atoms with Gasteiger partial charge in [-0.3, -0.25) is 14.4 Å². The van der Waals surface area contributed by atoms with Crippen LogP contribution in [-0.2, 0) is 28.6 Å². The van der Waals surface area contributed by atoms with Crippen LogP contribution in [-0.4, -0.2) is 37.2 Å². The minimum Gasteiger partial charge on any atom is -0.462 e. The van der Waals surface area contributed by atoms with Crippen LogP contribution in [0.25, 0.3) is 0 Å². The summed E-state index contributed by atoms with van der Waals surface area (Å²) < 4.78 is 16.9. The Morgan fingerprint density at radius 1 is 0.269 bits per heavy atom. The molecule has 1 unspecified atom stereocenters. The lowest BCUT2D eigenvalue weighted by Gasteiger charge is -2.18. The molecule has 0 rings (SSSR count). The normalized spacial score (nSPS) is 12.9. The number of rotatable bonds is 58. The molecule has 0 spiro atoms. The molecule has 0 bridgehead atoms. The van der Waals surface area contributed by atoms with Crippen LogP contribution in [0.3, 0.4) is 0 Å². The highest BCUT2D eigenvalue weighted by Gasteiger charge is 2.19. The van der Waals surface area contributed by atoms with Crippen molar-refractivity contribution in [3.63, 3.8) is 0 Å². The summed E-state index contributed by atoms with van der Waals surface area (Å²) in [5.41, 5.74) is 0. The lowest BCUT2D eigenvalue weighted by Crippen LogP contribution is -2.30. The number of hydrogen-bond donors (Lipinski definition) is 0. The second-order valence-electron chi connectivity index (χ2n) is 21.3. The predicted molar refractivity (Wildman–Crippen MR) is 339 cm³/mol. The van der Waals surface area contributed by atoms with Gasteiger partial charge in [0.25, 0.3) is 0 Å². The van der Waals surface area contributed by atoms with Gasteiger partial charge in [-0.05, 0) is 135 Å². The molecule has 0 N–H and O–H groups in total. The average molecular weight is 1080 g/mol. The molecule has 0 aromatic carbocycles. The first-order valence-corrected chi connectivity index (χ1v) is 32.5. The lowest BCUT2D eigenvalue weighted by molar-refractivity contribution is -0.167. The van der Waals surface area contributed by atoms with Crippen LogP contribution in [0.1, 0.15) is 297 Å². The van der Waals surface area contributed by atoms with E-state index in [4.69, 9.17) is 14.2 Å². The maximum Gasteiger partial charge on any atom is 0.306 e. The molecule has 6 nitrogen and oxygen atoms in total. The molecule has 0 aromatic heterocycles. The van der Waals surface area contributed by atoms with Gasteiger partial charge in [0.15, 0.2) is 6.10 Å². The van der Waals surface area contributed by atoms with E-state index in [0.717, 1.165) is 116 Å². The number of allylic oxidation sites excluding steroid dienone is 20. The monoisotopic (exact) mass is 1080 g/mol. The van der Waals surface area contributed by atoms with Crippen molar-refractivity contribution in [2.45, 2.75) is 303 Å². The van der Waals surface area contributed by atoms with E-state index in [2.05, 4.69) is 142 Å². The standard InChI is InChI=1S/C72H120O6/c1-4-7-10-13-16-19-22-25-28-30-32-33-34-35-36-37-38-39-41-42-44-47-50-53-56-59-62-65-71(74)77-68-69(67-76-70(73)64-61-58-55-52-49-46-27-24-21-18-15-12-9-6-3)78-72(75)66-63-60-57-54-51-48-45-43-40-31-29-26-23-20-17-14-11-8-5-2/h7,10,16,19,24-29,32-33,35-36,38-39,42,44,50,53,69H,4-6,8-9,11-15,17-18,20-23,30-31,34,37,40-41,43,45-49,51-52,54-68H2,1-3H3/b10-7-,19-16-,27-24-,28-25-,29-26-,33-32-,36-35-,39-38-,44-42-,53-50-. The van der Waals surface area contributed by atoms with Crippen molar-refractivity contribution in [1.82, 2.24) is 0 Å². The molecule has 444 valence electrons. The van der Waals surface area contributed by atoms with Gasteiger partial charge in [0.05, 0.1) is 0 Å². The van der Waals surface area contributed by atoms with E-state index in [0.29, 0.717) is 25.7 Å². The summed E-state index contributed by atoms with van der Waals surface area (Å²) in [5, 5.41) is 0. The number of hydrogen-bond acceptors (Lipinski definition) is 6. The molecule has 78 heavy (non-hydrogen) atoms. The van der Waals surface area contributed by atoms with Gasteiger partial charge in [-0.2, -0.15) is 0 Å². The zero-order valence-corrected chi connectivity index (χ0v) is 50.9. The summed E-state index contributed by atoms with van der Waals surface area (Å²) in [6.07, 6.45) is 90.6. The van der Waals surface area contributed by atoms with Gasteiger partial charge in [-0.15, -0.1) is 0 Å². The molecular formula is C72H120O6. The molecule has 0 heterocycles. The fourth-order valence-electron chi connectivity index (χ4n) is 8.80. The van der Waals surface area contributed by atoms with Gasteiger partial charge in [-0.25, -0.2) is 0 Å². The molecule has 0 aliphatic carbocycles. The Morgan fingerprint density at radius 3 is 0.821 bits per heavy atom. The van der Waals surface area contributed by atoms with Crippen molar-refractivity contribution < 1.29 is 28.6 Å². The first kappa shape index (κ1) is 73.8. The zero-order chi connectivity index (χ0) is 56.4. The minimum absolute atomic E-state index is 0.0983. The van der Waals surface area contributed by atoms with Gasteiger partial charge in [-0.1, -0.05) is 264 Å². The van der Waals surface area contributed by atoms with Crippen LogP contribution in [0.2, 0.25) is 0 Å². The Bertz CT molecular complexity index is 1620. The number of carbonyl (C=O) groups is 3. The first-order chi connectivity index (χ1) is 38.5. The van der Waals surface area contributed by atoms with Gasteiger partial charge < -0.3 is 14.2 Å². The highest BCUT2D eigenvalue weighted by atomic mass is 16.6. The van der Waals surface area contributed by atoms with Gasteiger partial charge in [0.1, 0.15) is 13.2 Å². The fraction of sp³-hybridized carbons (Fsp3) is 0.681. The number of esters is 3. The van der Waals surface area contributed by atoms with Gasteiger partial charge in [0, 0.05) is 19.3 Å². The second-order valence-corrected chi connectivity index (χ2v) is 21.3. The summed E-state index contributed by atoms with van der Waals surface area (Å²) in [5.74, 6) is -0.948. The number of unbranched alkanes of at least 4 members (excludes halogenated alkanes) is 27. The van der Waals surface area contributed by atoms with Crippen molar-refractivity contribution in [3.8, 4) is 0 Å². The maximum absolute atomic E-state index is 12.9. The summed E-state index contributed by atoms with van der Waals surface area (Å²) >= 11 is 0. The van der Waals surface area contributed by atoms with Crippen molar-refractivity contribution in [1.29, 1.82) is 0 Å². The fourth-order valence-corrected chi connectivity index (χ4v) is 8.80. The predicted octanol–water partition coefficient (Wildman–Crippen LogP) is 22.4. The molecule has 0 saturated carbocycles. The molecule has 1 atom stereocenters. The van der Waals surface area contributed by atoms with E-state index >= 15 is 0 Å². The van der Waals surface area contributed by atoms with Crippen molar-refractivity contribution in [2.24, 2.45) is 0 Å². The Morgan fingerprint density at radius 2 is 0.500 bits per heavy atom. The molecule has 0 amide bonds. The molecule has 0 aliphatic heterocycles. The Labute approximate surface area is 482 Å². The summed E-state index contributed by atoms with van der Waals surface area (Å²) in [4.78, 5) is 38.3. The van der Waals surface area contributed by atoms with Crippen molar-refractivity contribution in [2.75, 3.05) is 13.2 Å². The second kappa shape index (κ2) is 65.3. The van der Waals surface area contributed by atoms with Crippen LogP contribution in [0, 0.1) is 0 Å². The third kappa shape index (κ3) is 62.7. The zero-order valence-electron chi connectivity index (χ0n) is 50.9. The lowest BCUT2D eigenvalue weighted by atomic mass is 10.1. The SMILES string of the molecule is CC/C=C\C/C=C\C/C=C\C/C=C\C/C=C\C/C=C\C/C=C\C/C=C\CCCCC(=O)OCC(COC(=O)CCCCCCC/C=C\CCCCCCC)OC(=O)CCCCCCCCCCC/C=C\CCCCCCCC. The molecule has 0 aliphatic rings. The van der Waals surface area contributed by atoms with E-state index in [-0.39, 0.29) is 31.1 Å². The Hall–Kier alpha value is -4.19. The van der Waals surface area contributed by atoms with E-state index in [1.54, 1.807) is 0 Å². The number of ether oxygens (including phenoxy) is 3. The third-order valence-corrected chi connectivity index (χ3v) is 13.7. The van der Waals surface area contributed by atoms with E-state index in [1.165, 1.54) is 135 Å². The molecule has 0 fully saturated rings. The average Bonchev–Trinajstić information content (AvgIpc) is 3.44. The van der Waals surface area contributed by atoms with Crippen LogP contribution in [0.4, 0.5) is 0 Å². The van der Waals surface area contributed by atoms with E-state index in [1.807, 2.05) is 0 Å². The highest BCUT2D eigenvalue weighted by Crippen LogP contribution is 2.15. The van der Waals surface area contributed by atoms with Crippen molar-refractivity contribution in [3.05, 3.63) is 122 Å². The maximum atomic E-state index is 12.9. The third-order valence-electron chi connectivity index (χ3n) is 13.7. The summed E-state index contributed by atoms with van der Waals surface area (Å²) in [7, 11) is 0. The summed E-state index contributed by atoms with van der Waals surface area (Å²) in [6.45, 7) is 6.48. The van der Waals surface area contributed by atoms with Crippen LogP contribution >= 0.6 is 0 Å². The quantitative estimate of drug-likeness (QED) is 0.0261. The van der Waals surface area contributed by atoms with Crippen LogP contribution in [0.5, 0.6) is 0 Å². The molecule has 0 saturated heterocycles. The smallest absolute Gasteiger partial charge is 0.306 e.